The van der Waals surface area contributed by atoms with Crippen molar-refractivity contribution in [1.29, 1.82) is 0 Å². The number of benzene rings is 1. The van der Waals surface area contributed by atoms with E-state index < -0.39 is 5.82 Å². The number of nitrogens with two attached hydrogens (primary N) is 1. The van der Waals surface area contributed by atoms with Gasteiger partial charge in [0, 0.05) is 17.4 Å². The molecule has 1 aromatic carbocycles. The lowest BCUT2D eigenvalue weighted by Crippen LogP contribution is -2.16. The summed E-state index contributed by atoms with van der Waals surface area (Å²) in [6.45, 7) is 0.254. The van der Waals surface area contributed by atoms with Gasteiger partial charge >= 0.3 is 0 Å². The van der Waals surface area contributed by atoms with Gasteiger partial charge in [0.2, 0.25) is 5.91 Å². The first kappa shape index (κ1) is 11.1. The zero-order chi connectivity index (χ0) is 10.6. The molecule has 0 heterocycles. The lowest BCUT2D eigenvalue weighted by molar-refractivity contribution is -0.116. The Balaban J connectivity index is 2.72. The lowest BCUT2D eigenvalue weighted by Gasteiger charge is -2.05. The average Bonchev–Trinajstić information content (AvgIpc) is 2.10. The van der Waals surface area contributed by atoms with Gasteiger partial charge in [0.25, 0.3) is 0 Å². The summed E-state index contributed by atoms with van der Waals surface area (Å²) in [6.07, 6.45) is 0.190. The van der Waals surface area contributed by atoms with E-state index in [-0.39, 0.29) is 24.6 Å². The Labute approximate surface area is 89.6 Å². The number of hydrogen-bond acceptors (Lipinski definition) is 2. The Morgan fingerprint density at radius 3 is 2.86 bits per heavy atom. The predicted octanol–water partition coefficient (Wildman–Crippen LogP) is 1.88. The van der Waals surface area contributed by atoms with Gasteiger partial charge in [-0.25, -0.2) is 4.39 Å². The third kappa shape index (κ3) is 3.08. The molecule has 5 heteroatoms. The molecule has 0 atom stereocenters. The molecule has 1 aromatic rings. The number of carbonyl (C=O) groups excluding carboxylic acids is 1. The fourth-order valence-electron chi connectivity index (χ4n) is 0.935. The molecule has 0 saturated carbocycles. The van der Waals surface area contributed by atoms with E-state index in [9.17, 15) is 9.18 Å². The maximum absolute atomic E-state index is 13.2. The van der Waals surface area contributed by atoms with Crippen molar-refractivity contribution in [2.75, 3.05) is 11.9 Å². The molecular formula is C9H10BrFN2O. The maximum Gasteiger partial charge on any atom is 0.225 e. The van der Waals surface area contributed by atoms with Gasteiger partial charge in [-0.3, -0.25) is 4.79 Å². The summed E-state index contributed by atoms with van der Waals surface area (Å²) >= 11 is 3.12. The fraction of sp³-hybridized carbons (Fsp3) is 0.222. The number of anilines is 1. The highest BCUT2D eigenvalue weighted by Crippen LogP contribution is 2.19. The smallest absolute Gasteiger partial charge is 0.225 e. The molecule has 1 rings (SSSR count). The first-order chi connectivity index (χ1) is 6.63. The van der Waals surface area contributed by atoms with Crippen molar-refractivity contribution in [3.63, 3.8) is 0 Å². The molecule has 0 saturated heterocycles. The van der Waals surface area contributed by atoms with Gasteiger partial charge < -0.3 is 11.1 Å². The average molecular weight is 261 g/mol. The van der Waals surface area contributed by atoms with E-state index in [0.29, 0.717) is 4.47 Å². The van der Waals surface area contributed by atoms with Crippen LogP contribution in [0.25, 0.3) is 0 Å². The van der Waals surface area contributed by atoms with Gasteiger partial charge in [0.05, 0.1) is 5.69 Å². The van der Waals surface area contributed by atoms with Crippen molar-refractivity contribution >= 4 is 27.5 Å². The van der Waals surface area contributed by atoms with Crippen molar-refractivity contribution in [1.82, 2.24) is 0 Å². The highest BCUT2D eigenvalue weighted by Gasteiger charge is 2.05. The summed E-state index contributed by atoms with van der Waals surface area (Å²) in [5.74, 6) is -0.751. The summed E-state index contributed by atoms with van der Waals surface area (Å²) in [5.41, 5.74) is 5.36. The second-order valence-electron chi connectivity index (χ2n) is 2.71. The molecule has 0 radical (unpaired) electrons. The minimum absolute atomic E-state index is 0.173. The Hall–Kier alpha value is -0.940. The van der Waals surface area contributed by atoms with E-state index in [2.05, 4.69) is 21.2 Å². The quantitative estimate of drug-likeness (QED) is 0.872. The second-order valence-corrected chi connectivity index (χ2v) is 3.63. The Kier molecular flexibility index (Phi) is 4.03. The molecule has 0 unspecified atom stereocenters. The summed E-state index contributed by atoms with van der Waals surface area (Å²) < 4.78 is 13.8. The van der Waals surface area contributed by atoms with Crippen LogP contribution < -0.4 is 11.1 Å². The van der Waals surface area contributed by atoms with E-state index in [0.717, 1.165) is 0 Å². The van der Waals surface area contributed by atoms with E-state index in [1.54, 1.807) is 6.07 Å². The van der Waals surface area contributed by atoms with Gasteiger partial charge in [0.15, 0.2) is 0 Å². The summed E-state index contributed by atoms with van der Waals surface area (Å²) in [4.78, 5) is 11.1. The predicted molar refractivity (Wildman–Crippen MR) is 56.4 cm³/mol. The minimum Gasteiger partial charge on any atom is -0.330 e. The van der Waals surface area contributed by atoms with Crippen molar-refractivity contribution in [2.45, 2.75) is 6.42 Å². The zero-order valence-electron chi connectivity index (χ0n) is 7.39. The van der Waals surface area contributed by atoms with E-state index in [1.807, 2.05) is 0 Å². The van der Waals surface area contributed by atoms with Crippen molar-refractivity contribution in [3.05, 3.63) is 28.5 Å². The number of carbonyl (C=O) groups is 1. The van der Waals surface area contributed by atoms with Crippen LogP contribution in [0.5, 0.6) is 0 Å². The monoisotopic (exact) mass is 260 g/mol. The normalized spacial score (nSPS) is 9.93. The third-order valence-corrected chi connectivity index (χ3v) is 2.07. The van der Waals surface area contributed by atoms with Gasteiger partial charge in [0.1, 0.15) is 5.82 Å². The Morgan fingerprint density at radius 2 is 2.29 bits per heavy atom. The standard InChI is InChI=1S/C9H10BrFN2O/c10-6-1-2-8(7(11)5-6)13-9(14)3-4-12/h1-2,5H,3-4,12H2,(H,13,14). The van der Waals surface area contributed by atoms with Crippen LogP contribution in [0, 0.1) is 5.82 Å². The van der Waals surface area contributed by atoms with Crippen LogP contribution in [0.2, 0.25) is 0 Å². The van der Waals surface area contributed by atoms with Crippen LogP contribution in [-0.2, 0) is 4.79 Å². The second kappa shape index (κ2) is 5.07. The van der Waals surface area contributed by atoms with Crippen LogP contribution in [0.4, 0.5) is 10.1 Å². The topological polar surface area (TPSA) is 55.1 Å². The van der Waals surface area contributed by atoms with Gasteiger partial charge in [-0.2, -0.15) is 0 Å². The van der Waals surface area contributed by atoms with Crippen molar-refractivity contribution < 1.29 is 9.18 Å². The van der Waals surface area contributed by atoms with Gasteiger partial charge in [-0.15, -0.1) is 0 Å². The number of nitrogens with one attached hydrogen (secondary N) is 1. The lowest BCUT2D eigenvalue weighted by atomic mass is 10.3. The van der Waals surface area contributed by atoms with Crippen LogP contribution in [0.1, 0.15) is 6.42 Å². The molecule has 3 N–H and O–H groups in total. The molecular weight excluding hydrogens is 251 g/mol. The number of halogens is 2. The zero-order valence-corrected chi connectivity index (χ0v) is 8.97. The molecule has 76 valence electrons. The summed E-state index contributed by atoms with van der Waals surface area (Å²) in [7, 11) is 0. The molecule has 3 nitrogen and oxygen atoms in total. The number of hydrogen-bond donors (Lipinski definition) is 2. The van der Waals surface area contributed by atoms with Crippen LogP contribution >= 0.6 is 15.9 Å². The van der Waals surface area contributed by atoms with Gasteiger partial charge in [-0.05, 0) is 18.2 Å². The molecule has 14 heavy (non-hydrogen) atoms. The van der Waals surface area contributed by atoms with Crippen LogP contribution in [0.15, 0.2) is 22.7 Å². The molecule has 0 aliphatic carbocycles. The minimum atomic E-state index is -0.468. The maximum atomic E-state index is 13.2. The molecule has 0 bridgehead atoms. The first-order valence-electron chi connectivity index (χ1n) is 4.08. The summed E-state index contributed by atoms with van der Waals surface area (Å²) in [6, 6.07) is 4.44. The molecule has 0 aliphatic rings. The molecule has 0 aliphatic heterocycles. The van der Waals surface area contributed by atoms with Crippen molar-refractivity contribution in [2.24, 2.45) is 5.73 Å². The number of amides is 1. The first-order valence-corrected chi connectivity index (χ1v) is 4.87. The van der Waals surface area contributed by atoms with E-state index in [1.165, 1.54) is 12.1 Å². The highest BCUT2D eigenvalue weighted by molar-refractivity contribution is 9.10. The number of rotatable bonds is 3. The molecule has 0 aromatic heterocycles. The van der Waals surface area contributed by atoms with E-state index >= 15 is 0 Å². The molecule has 0 fully saturated rings. The van der Waals surface area contributed by atoms with Crippen LogP contribution in [0.3, 0.4) is 0 Å². The SMILES string of the molecule is NCCC(=O)Nc1ccc(Br)cc1F. The fourth-order valence-corrected chi connectivity index (χ4v) is 1.27. The third-order valence-electron chi connectivity index (χ3n) is 1.58. The van der Waals surface area contributed by atoms with E-state index in [4.69, 9.17) is 5.73 Å². The largest absolute Gasteiger partial charge is 0.330 e. The summed E-state index contributed by atoms with van der Waals surface area (Å²) in [5, 5.41) is 2.42. The molecule has 1 amide bonds. The van der Waals surface area contributed by atoms with Crippen LogP contribution in [-0.4, -0.2) is 12.5 Å². The highest BCUT2D eigenvalue weighted by atomic mass is 79.9. The molecule has 0 spiro atoms. The Morgan fingerprint density at radius 1 is 1.57 bits per heavy atom. The van der Waals surface area contributed by atoms with Gasteiger partial charge in [-0.1, -0.05) is 15.9 Å². The Bertz CT molecular complexity index is 344. The van der Waals surface area contributed by atoms with Crippen molar-refractivity contribution in [3.8, 4) is 0 Å².